The van der Waals surface area contributed by atoms with E-state index in [4.69, 9.17) is 14.2 Å². The van der Waals surface area contributed by atoms with Crippen molar-refractivity contribution in [1.82, 2.24) is 0 Å². The van der Waals surface area contributed by atoms with Crippen molar-refractivity contribution in [2.45, 2.75) is 65.1 Å². The van der Waals surface area contributed by atoms with E-state index in [2.05, 4.69) is 4.94 Å². The van der Waals surface area contributed by atoms with Crippen molar-refractivity contribution in [2.75, 3.05) is 13.2 Å². The molecular weight excluding hydrogens is 517 g/mol. The van der Waals surface area contributed by atoms with Crippen LogP contribution in [0.25, 0.3) is 21.6 Å². The Morgan fingerprint density at radius 1 is 0.947 bits per heavy atom. The van der Waals surface area contributed by atoms with E-state index >= 15 is 8.78 Å². The van der Waals surface area contributed by atoms with Gasteiger partial charge in [0, 0.05) is 25.4 Å². The predicted octanol–water partition coefficient (Wildman–Crippen LogP) is 7.60. The van der Waals surface area contributed by atoms with E-state index in [1.165, 1.54) is 23.5 Å². The van der Waals surface area contributed by atoms with Gasteiger partial charge in [0.1, 0.15) is 0 Å². The summed E-state index contributed by atoms with van der Waals surface area (Å²) in [4.78, 5) is 17.6. The zero-order chi connectivity index (χ0) is 27.2. The summed E-state index contributed by atoms with van der Waals surface area (Å²) in [5, 5.41) is 0. The molecule has 2 aliphatic heterocycles. The lowest BCUT2D eigenvalue weighted by Crippen LogP contribution is -2.28. The number of fused-ring (bicyclic) bond motifs is 2. The van der Waals surface area contributed by atoms with Crippen molar-refractivity contribution in [3.8, 4) is 33.1 Å². The Bertz CT molecular complexity index is 1390. The average molecular weight is 547 g/mol. The first-order valence-corrected chi connectivity index (χ1v) is 13.4. The van der Waals surface area contributed by atoms with Gasteiger partial charge in [0.2, 0.25) is 0 Å². The second-order valence-corrected chi connectivity index (χ2v) is 11.8. The van der Waals surface area contributed by atoms with Gasteiger partial charge in [-0.1, -0.05) is 0 Å². The number of halogens is 3. The number of aryl methyl sites for hydroxylation is 3. The number of hydrogen-bond acceptors (Lipinski definition) is 6. The molecule has 0 spiro atoms. The molecule has 3 heterocycles. The van der Waals surface area contributed by atoms with Gasteiger partial charge in [0.25, 0.3) is 0 Å². The molecule has 2 aliphatic rings. The fourth-order valence-electron chi connectivity index (χ4n) is 5.13. The fourth-order valence-corrected chi connectivity index (χ4v) is 6.32. The quantitative estimate of drug-likeness (QED) is 0.330. The first-order valence-electron chi connectivity index (χ1n) is 12.6. The van der Waals surface area contributed by atoms with Crippen LogP contribution in [0, 0.1) is 18.6 Å². The Hall–Kier alpha value is -3.04. The summed E-state index contributed by atoms with van der Waals surface area (Å²) in [6.07, 6.45) is 1.34. The zero-order valence-electron chi connectivity index (χ0n) is 21.7. The van der Waals surface area contributed by atoms with Crippen LogP contribution in [0.2, 0.25) is 0 Å². The normalized spacial score (nSPS) is 15.7. The third-order valence-corrected chi connectivity index (χ3v) is 7.79. The molecule has 2 aromatic carbocycles. The molecule has 38 heavy (non-hydrogen) atoms. The average Bonchev–Trinajstić information content (AvgIpc) is 3.23. The molecule has 1 atom stereocenters. The number of thiophene rings is 1. The minimum absolute atomic E-state index is 0.206. The van der Waals surface area contributed by atoms with Crippen molar-refractivity contribution in [2.24, 2.45) is 0 Å². The summed E-state index contributed by atoms with van der Waals surface area (Å²) >= 11 is 1.30. The number of benzene rings is 2. The molecule has 5 rings (SSSR count). The van der Waals surface area contributed by atoms with E-state index < -0.39 is 29.3 Å². The summed E-state index contributed by atoms with van der Waals surface area (Å²) in [5.74, 6) is -1.81. The van der Waals surface area contributed by atoms with Crippen molar-refractivity contribution >= 4 is 17.3 Å². The largest absolute Gasteiger partial charge is 0.490 e. The lowest BCUT2D eigenvalue weighted by Gasteiger charge is -2.27. The number of hydrogen-bond donors (Lipinski definition) is 0. The Balaban J connectivity index is 1.78. The summed E-state index contributed by atoms with van der Waals surface area (Å²) in [6, 6.07) is 6.40. The van der Waals surface area contributed by atoms with Gasteiger partial charge in [-0.15, -0.1) is 11.3 Å². The smallest absolute Gasteiger partial charge is 0.381 e. The molecule has 5 nitrogen and oxygen atoms in total. The molecule has 1 unspecified atom stereocenters. The first-order chi connectivity index (χ1) is 18.1. The van der Waals surface area contributed by atoms with Crippen molar-refractivity contribution in [3.63, 3.8) is 0 Å². The molecule has 0 saturated carbocycles. The van der Waals surface area contributed by atoms with Gasteiger partial charge >= 0.3 is 5.97 Å². The van der Waals surface area contributed by atoms with Gasteiger partial charge in [-0.25, -0.2) is 13.6 Å². The molecule has 0 fully saturated rings. The van der Waals surface area contributed by atoms with Crippen LogP contribution in [0.1, 0.15) is 61.3 Å². The SMILES string of the molecule is Cc1sc(-c2cc(F)c3c(c2)CCCO3)c(-c2cc(F)c3c(c2)CCCO3)c1C(OC(C)(C)C)C(=O)OF. The molecule has 0 bridgehead atoms. The van der Waals surface area contributed by atoms with E-state index in [-0.39, 0.29) is 11.5 Å². The zero-order valence-corrected chi connectivity index (χ0v) is 22.5. The maximum absolute atomic E-state index is 15.3. The van der Waals surface area contributed by atoms with Crippen molar-refractivity contribution in [3.05, 3.63) is 57.5 Å². The maximum Gasteiger partial charge on any atom is 0.381 e. The van der Waals surface area contributed by atoms with Crippen LogP contribution < -0.4 is 9.47 Å². The van der Waals surface area contributed by atoms with E-state index in [0.717, 1.165) is 18.4 Å². The highest BCUT2D eigenvalue weighted by atomic mass is 32.1. The monoisotopic (exact) mass is 546 g/mol. The van der Waals surface area contributed by atoms with Gasteiger partial charge in [-0.2, -0.15) is 0 Å². The summed E-state index contributed by atoms with van der Waals surface area (Å²) in [6.45, 7) is 7.86. The van der Waals surface area contributed by atoms with E-state index in [0.29, 0.717) is 63.6 Å². The minimum atomic E-state index is -1.43. The lowest BCUT2D eigenvalue weighted by molar-refractivity contribution is -0.204. The highest BCUT2D eigenvalue weighted by molar-refractivity contribution is 7.16. The van der Waals surface area contributed by atoms with Crippen LogP contribution in [0.5, 0.6) is 11.5 Å². The fraction of sp³-hybridized carbons (Fsp3) is 0.414. The minimum Gasteiger partial charge on any atom is -0.490 e. The Morgan fingerprint density at radius 3 is 2.05 bits per heavy atom. The molecule has 202 valence electrons. The van der Waals surface area contributed by atoms with Crippen LogP contribution in [-0.4, -0.2) is 24.8 Å². The number of ether oxygens (including phenoxy) is 3. The number of carbonyl (C=O) groups is 1. The second-order valence-electron chi connectivity index (χ2n) is 10.6. The lowest BCUT2D eigenvalue weighted by atomic mass is 9.90. The molecule has 0 saturated heterocycles. The van der Waals surface area contributed by atoms with E-state index in [1.54, 1.807) is 27.7 Å². The van der Waals surface area contributed by atoms with Gasteiger partial charge in [-0.05, 0) is 99.9 Å². The molecule has 1 aromatic heterocycles. The molecule has 9 heteroatoms. The van der Waals surface area contributed by atoms with E-state index in [9.17, 15) is 9.32 Å². The highest BCUT2D eigenvalue weighted by Gasteiger charge is 2.36. The molecule has 0 aliphatic carbocycles. The third kappa shape index (κ3) is 5.01. The van der Waals surface area contributed by atoms with Crippen LogP contribution >= 0.6 is 11.3 Å². The Morgan fingerprint density at radius 2 is 1.50 bits per heavy atom. The van der Waals surface area contributed by atoms with Gasteiger partial charge in [-0.3, -0.25) is 4.94 Å². The standard InChI is InChI=1S/C29H29F3O5S/c1-15-22(26(28(33)37-32)36-29(2,3)4)23(18-11-16-7-5-9-34-24(16)20(30)13-18)27(38-15)19-12-17-8-6-10-35-25(17)21(31)14-19/h11-14,26H,5-10H2,1-4H3. The van der Waals surface area contributed by atoms with Crippen molar-refractivity contribution < 1.29 is 37.3 Å². The van der Waals surface area contributed by atoms with Gasteiger partial charge in [0.15, 0.2) is 29.2 Å². The number of rotatable bonds is 5. The van der Waals surface area contributed by atoms with Crippen LogP contribution in [0.4, 0.5) is 13.3 Å². The van der Waals surface area contributed by atoms with Crippen LogP contribution in [0.15, 0.2) is 24.3 Å². The van der Waals surface area contributed by atoms with Gasteiger partial charge < -0.3 is 14.2 Å². The van der Waals surface area contributed by atoms with Crippen LogP contribution in [0.3, 0.4) is 0 Å². The summed E-state index contributed by atoms with van der Waals surface area (Å²) in [7, 11) is 0. The molecule has 0 radical (unpaired) electrons. The highest BCUT2D eigenvalue weighted by Crippen LogP contribution is 2.49. The molecular formula is C29H29F3O5S. The van der Waals surface area contributed by atoms with Crippen LogP contribution in [-0.2, 0) is 27.3 Å². The maximum atomic E-state index is 15.3. The Labute approximate surface area is 223 Å². The van der Waals surface area contributed by atoms with Gasteiger partial charge in [0.05, 0.1) is 18.8 Å². The summed E-state index contributed by atoms with van der Waals surface area (Å²) < 4.78 is 60.9. The topological polar surface area (TPSA) is 54.0 Å². The predicted molar refractivity (Wildman–Crippen MR) is 138 cm³/mol. The van der Waals surface area contributed by atoms with E-state index in [1.807, 2.05) is 12.1 Å². The first kappa shape index (κ1) is 26.6. The summed E-state index contributed by atoms with van der Waals surface area (Å²) in [5.41, 5.74) is 2.43. The number of carbonyl (C=O) groups excluding carboxylic acids is 1. The Kier molecular flexibility index (Phi) is 7.17. The van der Waals surface area contributed by atoms with Crippen molar-refractivity contribution in [1.29, 1.82) is 0 Å². The molecule has 3 aromatic rings. The third-order valence-electron chi connectivity index (χ3n) is 6.62. The second kappa shape index (κ2) is 10.3. The molecule has 0 N–H and O–H groups in total. The molecule has 0 amide bonds.